The summed E-state index contributed by atoms with van der Waals surface area (Å²) in [5.41, 5.74) is 0.533. The van der Waals surface area contributed by atoms with Crippen LogP contribution in [0.3, 0.4) is 0 Å². The van der Waals surface area contributed by atoms with Gasteiger partial charge in [-0.15, -0.1) is 0 Å². The van der Waals surface area contributed by atoms with Crippen molar-refractivity contribution in [2.45, 2.75) is 19.3 Å². The van der Waals surface area contributed by atoms with Crippen LogP contribution in [0.25, 0.3) is 10.9 Å². The molecule has 1 amide bonds. The number of methoxy groups -OCH3 is 1. The topological polar surface area (TPSA) is 90.3 Å². The van der Waals surface area contributed by atoms with E-state index in [4.69, 9.17) is 0 Å². The highest BCUT2D eigenvalue weighted by Crippen LogP contribution is 2.07. The zero-order valence-electron chi connectivity index (χ0n) is 13.2. The maximum Gasteiger partial charge on any atom is 0.306 e. The number of nitrogens with zero attached hydrogens (tertiary/aromatic N) is 2. The highest BCUT2D eigenvalue weighted by atomic mass is 16.5. The van der Waals surface area contributed by atoms with Crippen LogP contribution in [0, 0.1) is 0 Å². The van der Waals surface area contributed by atoms with Gasteiger partial charge in [0.25, 0.3) is 5.56 Å². The van der Waals surface area contributed by atoms with Gasteiger partial charge >= 0.3 is 5.97 Å². The molecule has 0 saturated carbocycles. The van der Waals surface area contributed by atoms with Crippen LogP contribution in [-0.4, -0.2) is 35.1 Å². The van der Waals surface area contributed by atoms with Crippen molar-refractivity contribution in [2.24, 2.45) is 7.05 Å². The molecule has 0 aliphatic heterocycles. The van der Waals surface area contributed by atoms with Gasteiger partial charge in [0, 0.05) is 26.4 Å². The van der Waals surface area contributed by atoms with E-state index in [1.165, 1.54) is 11.7 Å². The summed E-state index contributed by atoms with van der Waals surface area (Å²) in [6.07, 6.45) is 0.562. The number of aromatic nitrogens is 2. The molecular weight excluding hydrogens is 298 g/mol. The van der Waals surface area contributed by atoms with Crippen molar-refractivity contribution in [3.05, 3.63) is 40.4 Å². The number of benzene rings is 1. The van der Waals surface area contributed by atoms with Crippen LogP contribution in [0.1, 0.15) is 18.7 Å². The SMILES string of the molecule is COC(=O)CCC(=O)NCCc1nc2ccccc2c(=O)n1C. The first kappa shape index (κ1) is 16.7. The lowest BCUT2D eigenvalue weighted by molar-refractivity contribution is -0.142. The van der Waals surface area contributed by atoms with Gasteiger partial charge in [-0.2, -0.15) is 0 Å². The van der Waals surface area contributed by atoms with Gasteiger partial charge < -0.3 is 10.1 Å². The van der Waals surface area contributed by atoms with E-state index in [1.54, 1.807) is 25.2 Å². The molecule has 0 spiro atoms. The lowest BCUT2D eigenvalue weighted by atomic mass is 10.2. The molecule has 0 fully saturated rings. The van der Waals surface area contributed by atoms with Crippen molar-refractivity contribution in [1.82, 2.24) is 14.9 Å². The standard InChI is InChI=1S/C16H19N3O4/c1-19-13(9-10-17-14(20)7-8-15(21)23-2)18-12-6-4-3-5-11(12)16(19)22/h3-6H,7-10H2,1-2H3,(H,17,20). The number of nitrogens with one attached hydrogen (secondary N) is 1. The summed E-state index contributed by atoms with van der Waals surface area (Å²) >= 11 is 0. The molecule has 0 atom stereocenters. The Bertz CT molecular complexity index is 782. The largest absolute Gasteiger partial charge is 0.469 e. The molecule has 7 nitrogen and oxygen atoms in total. The maximum absolute atomic E-state index is 12.2. The summed E-state index contributed by atoms with van der Waals surface area (Å²) in [6.45, 7) is 0.346. The van der Waals surface area contributed by atoms with E-state index in [-0.39, 0.29) is 24.3 Å². The summed E-state index contributed by atoms with van der Waals surface area (Å²) in [5.74, 6) is -0.0538. The number of carbonyl (C=O) groups is 2. The van der Waals surface area contributed by atoms with Gasteiger partial charge in [-0.05, 0) is 12.1 Å². The second-order valence-corrected chi connectivity index (χ2v) is 5.09. The number of para-hydroxylation sites is 1. The van der Waals surface area contributed by atoms with E-state index in [1.807, 2.05) is 6.07 Å². The first-order valence-corrected chi connectivity index (χ1v) is 7.31. The van der Waals surface area contributed by atoms with E-state index in [0.29, 0.717) is 29.7 Å². The predicted octanol–water partition coefficient (Wildman–Crippen LogP) is 0.545. The molecule has 2 aromatic rings. The molecule has 1 heterocycles. The zero-order valence-corrected chi connectivity index (χ0v) is 13.2. The van der Waals surface area contributed by atoms with Crippen molar-refractivity contribution in [1.29, 1.82) is 0 Å². The third kappa shape index (κ3) is 4.15. The Morgan fingerprint density at radius 3 is 2.74 bits per heavy atom. The van der Waals surface area contributed by atoms with E-state index >= 15 is 0 Å². The minimum atomic E-state index is -0.418. The third-order valence-corrected chi connectivity index (χ3v) is 3.53. The second kappa shape index (κ2) is 7.53. The molecule has 7 heteroatoms. The third-order valence-electron chi connectivity index (χ3n) is 3.53. The Morgan fingerprint density at radius 1 is 1.26 bits per heavy atom. The van der Waals surface area contributed by atoms with Crippen LogP contribution >= 0.6 is 0 Å². The van der Waals surface area contributed by atoms with Crippen molar-refractivity contribution >= 4 is 22.8 Å². The van der Waals surface area contributed by atoms with Gasteiger partial charge in [-0.3, -0.25) is 19.0 Å². The number of hydrogen-bond donors (Lipinski definition) is 1. The average molecular weight is 317 g/mol. The monoisotopic (exact) mass is 317 g/mol. The van der Waals surface area contributed by atoms with Crippen LogP contribution in [0.2, 0.25) is 0 Å². The fourth-order valence-electron chi connectivity index (χ4n) is 2.21. The molecule has 2 rings (SSSR count). The Labute approximate surface area is 133 Å². The molecule has 1 aromatic heterocycles. The normalized spacial score (nSPS) is 10.5. The van der Waals surface area contributed by atoms with Crippen molar-refractivity contribution in [2.75, 3.05) is 13.7 Å². The van der Waals surface area contributed by atoms with E-state index in [0.717, 1.165) is 0 Å². The summed E-state index contributed by atoms with van der Waals surface area (Å²) < 4.78 is 5.97. The van der Waals surface area contributed by atoms with E-state index in [9.17, 15) is 14.4 Å². The van der Waals surface area contributed by atoms with Crippen LogP contribution in [0.5, 0.6) is 0 Å². The van der Waals surface area contributed by atoms with Crippen molar-refractivity contribution < 1.29 is 14.3 Å². The molecule has 1 aromatic carbocycles. The fraction of sp³-hybridized carbons (Fsp3) is 0.375. The van der Waals surface area contributed by atoms with Crippen LogP contribution in [0.15, 0.2) is 29.1 Å². The first-order valence-electron chi connectivity index (χ1n) is 7.31. The van der Waals surface area contributed by atoms with Gasteiger partial charge in [-0.1, -0.05) is 12.1 Å². The maximum atomic E-state index is 12.2. The van der Waals surface area contributed by atoms with Gasteiger partial charge in [0.2, 0.25) is 5.91 Å². The molecule has 0 aliphatic carbocycles. The number of rotatable bonds is 6. The minimum absolute atomic E-state index is 0.0506. The second-order valence-electron chi connectivity index (χ2n) is 5.09. The predicted molar refractivity (Wildman–Crippen MR) is 84.9 cm³/mol. The quantitative estimate of drug-likeness (QED) is 0.786. The fourth-order valence-corrected chi connectivity index (χ4v) is 2.21. The highest BCUT2D eigenvalue weighted by Gasteiger charge is 2.09. The number of esters is 1. The van der Waals surface area contributed by atoms with Crippen LogP contribution in [0.4, 0.5) is 0 Å². The van der Waals surface area contributed by atoms with Gasteiger partial charge in [-0.25, -0.2) is 4.98 Å². The molecule has 0 aliphatic rings. The van der Waals surface area contributed by atoms with E-state index in [2.05, 4.69) is 15.0 Å². The zero-order chi connectivity index (χ0) is 16.8. The summed E-state index contributed by atoms with van der Waals surface area (Å²) in [4.78, 5) is 39.3. The molecule has 0 radical (unpaired) electrons. The van der Waals surface area contributed by atoms with Crippen molar-refractivity contribution in [3.63, 3.8) is 0 Å². The van der Waals surface area contributed by atoms with Crippen LogP contribution < -0.4 is 10.9 Å². The number of carbonyl (C=O) groups excluding carboxylic acids is 2. The van der Waals surface area contributed by atoms with Gasteiger partial charge in [0.05, 0.1) is 24.4 Å². The lowest BCUT2D eigenvalue weighted by Crippen LogP contribution is -2.29. The lowest BCUT2D eigenvalue weighted by Gasteiger charge is -2.10. The molecule has 23 heavy (non-hydrogen) atoms. The van der Waals surface area contributed by atoms with Crippen molar-refractivity contribution in [3.8, 4) is 0 Å². The summed E-state index contributed by atoms with van der Waals surface area (Å²) in [5, 5.41) is 3.27. The molecule has 0 saturated heterocycles. The molecule has 0 unspecified atom stereocenters. The van der Waals surface area contributed by atoms with Gasteiger partial charge in [0.1, 0.15) is 5.82 Å². The van der Waals surface area contributed by atoms with E-state index < -0.39 is 5.97 Å². The number of amides is 1. The minimum Gasteiger partial charge on any atom is -0.469 e. The highest BCUT2D eigenvalue weighted by molar-refractivity contribution is 5.81. The number of ether oxygens (including phenoxy) is 1. The van der Waals surface area contributed by atoms with Gasteiger partial charge in [0.15, 0.2) is 0 Å². The molecular formula is C16H19N3O4. The Hall–Kier alpha value is -2.70. The molecule has 122 valence electrons. The summed E-state index contributed by atoms with van der Waals surface area (Å²) in [7, 11) is 2.95. The first-order chi connectivity index (χ1) is 11.0. The van der Waals surface area contributed by atoms with Crippen LogP contribution in [-0.2, 0) is 27.8 Å². The Balaban J connectivity index is 1.97. The average Bonchev–Trinajstić information content (AvgIpc) is 2.57. The smallest absolute Gasteiger partial charge is 0.306 e. The molecule has 1 N–H and O–H groups in total. The number of hydrogen-bond acceptors (Lipinski definition) is 5. The Kier molecular flexibility index (Phi) is 5.46. The molecule has 0 bridgehead atoms. The summed E-state index contributed by atoms with van der Waals surface area (Å²) in [6, 6.07) is 7.15. The number of fused-ring (bicyclic) bond motifs is 1. The Morgan fingerprint density at radius 2 is 2.00 bits per heavy atom.